The monoisotopic (exact) mass is 273 g/mol. The highest BCUT2D eigenvalue weighted by molar-refractivity contribution is 5.92. The highest BCUT2D eigenvalue weighted by Gasteiger charge is 2.17. The minimum atomic E-state index is -1.07. The number of carbonyl (C=O) groups is 1. The van der Waals surface area contributed by atoms with Crippen molar-refractivity contribution in [1.29, 1.82) is 0 Å². The first kappa shape index (κ1) is 14.3. The maximum absolute atomic E-state index is 12.6. The fourth-order valence-electron chi connectivity index (χ4n) is 2.61. The molecule has 1 aromatic carbocycles. The smallest absolute Gasteiger partial charge is 0.352 e. The number of fused-ring (bicyclic) bond motifs is 1. The fraction of sp³-hybridized carbons (Fsp3) is 0.375. The van der Waals surface area contributed by atoms with Crippen molar-refractivity contribution in [3.05, 3.63) is 44.7 Å². The van der Waals surface area contributed by atoms with Crippen LogP contribution in [0.4, 0.5) is 0 Å². The van der Waals surface area contributed by atoms with Gasteiger partial charge in [0.25, 0.3) is 0 Å². The van der Waals surface area contributed by atoms with E-state index in [9.17, 15) is 14.7 Å². The number of aromatic carboxylic acids is 1. The molecule has 106 valence electrons. The molecule has 0 bridgehead atoms. The minimum absolute atomic E-state index is 0.0305. The summed E-state index contributed by atoms with van der Waals surface area (Å²) in [4.78, 5) is 26.9. The number of aryl methyl sites for hydroxylation is 2. The Labute approximate surface area is 117 Å². The first-order valence-corrected chi connectivity index (χ1v) is 6.91. The van der Waals surface area contributed by atoms with Gasteiger partial charge in [-0.05, 0) is 37.0 Å². The normalized spacial score (nSPS) is 10.9. The van der Waals surface area contributed by atoms with Gasteiger partial charge in [-0.3, -0.25) is 4.79 Å². The molecule has 4 heteroatoms. The van der Waals surface area contributed by atoms with Gasteiger partial charge in [-0.2, -0.15) is 0 Å². The van der Waals surface area contributed by atoms with Crippen LogP contribution in [0.15, 0.2) is 16.9 Å². The molecule has 0 radical (unpaired) electrons. The number of H-pyrrole nitrogens is 1. The lowest BCUT2D eigenvalue weighted by atomic mass is 9.99. The van der Waals surface area contributed by atoms with Gasteiger partial charge in [0.1, 0.15) is 5.69 Å². The number of hydrogen-bond acceptors (Lipinski definition) is 2. The Kier molecular flexibility index (Phi) is 3.93. The number of hydrogen-bond donors (Lipinski definition) is 2. The zero-order valence-corrected chi connectivity index (χ0v) is 12.0. The average molecular weight is 273 g/mol. The molecule has 4 nitrogen and oxygen atoms in total. The molecular weight excluding hydrogens is 254 g/mol. The molecular formula is C16H19NO3. The molecule has 0 aliphatic rings. The molecule has 1 heterocycles. The Morgan fingerprint density at radius 1 is 1.30 bits per heavy atom. The molecule has 0 fully saturated rings. The third-order valence-electron chi connectivity index (χ3n) is 3.53. The zero-order chi connectivity index (χ0) is 14.9. The van der Waals surface area contributed by atoms with Crippen molar-refractivity contribution >= 4 is 16.9 Å². The van der Waals surface area contributed by atoms with Crippen LogP contribution < -0.4 is 5.43 Å². The van der Waals surface area contributed by atoms with E-state index in [-0.39, 0.29) is 11.1 Å². The quantitative estimate of drug-likeness (QED) is 0.899. The van der Waals surface area contributed by atoms with Gasteiger partial charge in [0.2, 0.25) is 0 Å². The van der Waals surface area contributed by atoms with E-state index in [1.807, 2.05) is 32.9 Å². The summed E-state index contributed by atoms with van der Waals surface area (Å²) in [5, 5.41) is 9.92. The van der Waals surface area contributed by atoms with E-state index in [4.69, 9.17) is 0 Å². The van der Waals surface area contributed by atoms with Crippen molar-refractivity contribution in [3.63, 3.8) is 0 Å². The number of nitrogens with one attached hydrogen (secondary N) is 1. The van der Waals surface area contributed by atoms with Gasteiger partial charge in [-0.25, -0.2) is 4.79 Å². The second-order valence-corrected chi connectivity index (χ2v) is 5.06. The van der Waals surface area contributed by atoms with Crippen LogP contribution in [-0.2, 0) is 12.8 Å². The van der Waals surface area contributed by atoms with Gasteiger partial charge >= 0.3 is 5.97 Å². The van der Waals surface area contributed by atoms with E-state index in [2.05, 4.69) is 4.98 Å². The molecule has 2 N–H and O–H groups in total. The molecule has 1 aromatic heterocycles. The third kappa shape index (κ3) is 2.33. The predicted octanol–water partition coefficient (Wildman–Crippen LogP) is 3.05. The van der Waals surface area contributed by atoms with Crippen LogP contribution in [0.2, 0.25) is 0 Å². The number of benzene rings is 1. The summed E-state index contributed by atoms with van der Waals surface area (Å²) in [7, 11) is 0. The van der Waals surface area contributed by atoms with Crippen LogP contribution in [0.1, 0.15) is 47.4 Å². The Bertz CT molecular complexity index is 729. The molecule has 0 saturated carbocycles. The molecule has 0 atom stereocenters. The zero-order valence-electron chi connectivity index (χ0n) is 12.0. The third-order valence-corrected chi connectivity index (χ3v) is 3.53. The standard InChI is InChI=1S/C16H19NO3/c1-4-6-11-14(16(19)20)17-13-10(5-2)7-9(3)8-12(13)15(11)18/h7-8H,4-6H2,1-3H3,(H,17,18)(H,19,20). The van der Waals surface area contributed by atoms with Gasteiger partial charge in [-0.15, -0.1) is 0 Å². The summed E-state index contributed by atoms with van der Waals surface area (Å²) in [5.41, 5.74) is 2.90. The summed E-state index contributed by atoms with van der Waals surface area (Å²) in [6.07, 6.45) is 1.96. The lowest BCUT2D eigenvalue weighted by Gasteiger charge is -2.11. The van der Waals surface area contributed by atoms with Crippen molar-refractivity contribution < 1.29 is 9.90 Å². The Hall–Kier alpha value is -2.10. The van der Waals surface area contributed by atoms with E-state index in [0.717, 1.165) is 24.0 Å². The predicted molar refractivity (Wildman–Crippen MR) is 79.6 cm³/mol. The Morgan fingerprint density at radius 2 is 2.00 bits per heavy atom. The summed E-state index contributed by atoms with van der Waals surface area (Å²) in [6.45, 7) is 5.87. The number of aromatic amines is 1. The lowest BCUT2D eigenvalue weighted by molar-refractivity contribution is 0.0689. The van der Waals surface area contributed by atoms with Crippen LogP contribution in [0.3, 0.4) is 0 Å². The maximum Gasteiger partial charge on any atom is 0.352 e. The maximum atomic E-state index is 12.6. The van der Waals surface area contributed by atoms with Crippen LogP contribution in [-0.4, -0.2) is 16.1 Å². The minimum Gasteiger partial charge on any atom is -0.477 e. The molecule has 2 aromatic rings. The van der Waals surface area contributed by atoms with Crippen LogP contribution in [0.25, 0.3) is 10.9 Å². The van der Waals surface area contributed by atoms with Crippen molar-refractivity contribution in [1.82, 2.24) is 4.98 Å². The van der Waals surface area contributed by atoms with Gasteiger partial charge in [0.05, 0.1) is 5.52 Å². The van der Waals surface area contributed by atoms with Gasteiger partial charge in [-0.1, -0.05) is 26.3 Å². The molecule has 0 spiro atoms. The molecule has 0 aliphatic heterocycles. The molecule has 0 aliphatic carbocycles. The molecule has 20 heavy (non-hydrogen) atoms. The lowest BCUT2D eigenvalue weighted by Crippen LogP contribution is -2.19. The highest BCUT2D eigenvalue weighted by Crippen LogP contribution is 2.20. The average Bonchev–Trinajstić information content (AvgIpc) is 2.41. The number of carboxylic acid groups (broad SMARTS) is 1. The molecule has 0 amide bonds. The Morgan fingerprint density at radius 3 is 2.55 bits per heavy atom. The van der Waals surface area contributed by atoms with E-state index < -0.39 is 5.97 Å². The first-order chi connectivity index (χ1) is 9.49. The number of carboxylic acids is 1. The Balaban J connectivity index is 2.93. The van der Waals surface area contributed by atoms with Crippen molar-refractivity contribution in [2.75, 3.05) is 0 Å². The molecule has 0 saturated heterocycles. The fourth-order valence-corrected chi connectivity index (χ4v) is 2.61. The van der Waals surface area contributed by atoms with Crippen LogP contribution in [0.5, 0.6) is 0 Å². The summed E-state index contributed by atoms with van der Waals surface area (Å²) in [5.74, 6) is -1.07. The molecule has 2 rings (SSSR count). The summed E-state index contributed by atoms with van der Waals surface area (Å²) in [6, 6.07) is 3.82. The number of aromatic nitrogens is 1. The highest BCUT2D eigenvalue weighted by atomic mass is 16.4. The van der Waals surface area contributed by atoms with Gasteiger partial charge < -0.3 is 10.1 Å². The summed E-state index contributed by atoms with van der Waals surface area (Å²) >= 11 is 0. The largest absolute Gasteiger partial charge is 0.477 e. The van der Waals surface area contributed by atoms with Gasteiger partial charge in [0, 0.05) is 10.9 Å². The van der Waals surface area contributed by atoms with Crippen LogP contribution in [0, 0.1) is 6.92 Å². The number of rotatable bonds is 4. The second kappa shape index (κ2) is 5.49. The SMILES string of the molecule is CCCc1c(C(=O)O)[nH]c2c(CC)cc(C)cc2c1=O. The van der Waals surface area contributed by atoms with E-state index in [1.54, 1.807) is 0 Å². The van der Waals surface area contributed by atoms with Crippen LogP contribution >= 0.6 is 0 Å². The van der Waals surface area contributed by atoms with E-state index >= 15 is 0 Å². The summed E-state index contributed by atoms with van der Waals surface area (Å²) < 4.78 is 0. The van der Waals surface area contributed by atoms with E-state index in [1.165, 1.54) is 0 Å². The van der Waals surface area contributed by atoms with Crippen molar-refractivity contribution in [2.45, 2.75) is 40.0 Å². The molecule has 0 unspecified atom stereocenters. The topological polar surface area (TPSA) is 70.2 Å². The van der Waals surface area contributed by atoms with Crippen molar-refractivity contribution in [2.24, 2.45) is 0 Å². The van der Waals surface area contributed by atoms with Gasteiger partial charge in [0.15, 0.2) is 5.43 Å². The van der Waals surface area contributed by atoms with Crippen molar-refractivity contribution in [3.8, 4) is 0 Å². The second-order valence-electron chi connectivity index (χ2n) is 5.06. The number of pyridine rings is 1. The van der Waals surface area contributed by atoms with E-state index in [0.29, 0.717) is 22.9 Å². The first-order valence-electron chi connectivity index (χ1n) is 6.91.